The zero-order chi connectivity index (χ0) is 19.0. The molecule has 7 heteroatoms. The van der Waals surface area contributed by atoms with Gasteiger partial charge in [-0.15, -0.1) is 0 Å². The lowest BCUT2D eigenvalue weighted by Gasteiger charge is -2.19. The van der Waals surface area contributed by atoms with Crippen molar-refractivity contribution in [1.29, 1.82) is 0 Å². The van der Waals surface area contributed by atoms with E-state index in [4.69, 9.17) is 4.52 Å². The standard InChI is InChI=1S/C19H22N4O3/c1-6-14(18(24)20-16-10(2)8-7-9-11(16)3)23-19(25)17-15(12(4)21-23)13(5)26-22-17/h7-9,14H,6H2,1-5H3,(H,20,24)/t14-/m0/s1. The number of amides is 1. The Morgan fingerprint density at radius 3 is 2.50 bits per heavy atom. The highest BCUT2D eigenvalue weighted by molar-refractivity contribution is 5.95. The number of aryl methyl sites for hydroxylation is 4. The summed E-state index contributed by atoms with van der Waals surface area (Å²) >= 11 is 0. The van der Waals surface area contributed by atoms with Gasteiger partial charge in [0.25, 0.3) is 5.56 Å². The molecule has 3 rings (SSSR count). The Morgan fingerprint density at radius 2 is 1.88 bits per heavy atom. The van der Waals surface area contributed by atoms with Crippen LogP contribution >= 0.6 is 0 Å². The summed E-state index contributed by atoms with van der Waals surface area (Å²) in [6, 6.07) is 5.07. The third-order valence-corrected chi connectivity index (χ3v) is 4.61. The van der Waals surface area contributed by atoms with E-state index in [1.165, 1.54) is 4.68 Å². The normalized spacial score (nSPS) is 12.3. The fraction of sp³-hybridized carbons (Fsp3) is 0.368. The topological polar surface area (TPSA) is 90.0 Å². The number of para-hydroxylation sites is 1. The van der Waals surface area contributed by atoms with Crippen LogP contribution in [-0.2, 0) is 4.79 Å². The molecule has 0 saturated carbocycles. The van der Waals surface area contributed by atoms with E-state index in [2.05, 4.69) is 15.6 Å². The highest BCUT2D eigenvalue weighted by Crippen LogP contribution is 2.23. The molecule has 1 N–H and O–H groups in total. The summed E-state index contributed by atoms with van der Waals surface area (Å²) in [4.78, 5) is 25.7. The molecule has 136 valence electrons. The van der Waals surface area contributed by atoms with Crippen molar-refractivity contribution in [3.8, 4) is 0 Å². The Hall–Kier alpha value is -2.96. The Morgan fingerprint density at radius 1 is 1.23 bits per heavy atom. The molecule has 1 aromatic carbocycles. The summed E-state index contributed by atoms with van der Waals surface area (Å²) in [5, 5.41) is 11.8. The predicted octanol–water partition coefficient (Wildman–Crippen LogP) is 3.21. The van der Waals surface area contributed by atoms with Crippen molar-refractivity contribution in [1.82, 2.24) is 14.9 Å². The maximum absolute atomic E-state index is 12.9. The van der Waals surface area contributed by atoms with Gasteiger partial charge in [0.2, 0.25) is 5.91 Å². The summed E-state index contributed by atoms with van der Waals surface area (Å²) in [6.45, 7) is 9.22. The molecule has 3 aromatic rings. The number of aromatic nitrogens is 3. The molecule has 0 spiro atoms. The molecule has 0 aliphatic carbocycles. The van der Waals surface area contributed by atoms with E-state index in [1.807, 2.05) is 39.0 Å². The van der Waals surface area contributed by atoms with Crippen LogP contribution in [0.2, 0.25) is 0 Å². The van der Waals surface area contributed by atoms with Gasteiger partial charge in [0.05, 0.1) is 11.1 Å². The molecule has 7 nitrogen and oxygen atoms in total. The maximum Gasteiger partial charge on any atom is 0.297 e. The van der Waals surface area contributed by atoms with E-state index in [-0.39, 0.29) is 11.4 Å². The van der Waals surface area contributed by atoms with Gasteiger partial charge in [-0.2, -0.15) is 5.10 Å². The minimum atomic E-state index is -0.735. The number of carbonyl (C=O) groups excluding carboxylic acids is 1. The van der Waals surface area contributed by atoms with Gasteiger partial charge in [-0.05, 0) is 45.2 Å². The van der Waals surface area contributed by atoms with Crippen LogP contribution in [-0.4, -0.2) is 20.8 Å². The minimum Gasteiger partial charge on any atom is -0.360 e. The maximum atomic E-state index is 12.9. The smallest absolute Gasteiger partial charge is 0.297 e. The van der Waals surface area contributed by atoms with Crippen LogP contribution in [0.4, 0.5) is 5.69 Å². The predicted molar refractivity (Wildman–Crippen MR) is 99.4 cm³/mol. The molecule has 1 amide bonds. The number of fused-ring (bicyclic) bond motifs is 1. The van der Waals surface area contributed by atoms with E-state index in [0.717, 1.165) is 16.8 Å². The number of anilines is 1. The molecule has 0 fully saturated rings. The van der Waals surface area contributed by atoms with Crippen molar-refractivity contribution in [3.05, 3.63) is 51.1 Å². The van der Waals surface area contributed by atoms with Gasteiger partial charge in [-0.3, -0.25) is 9.59 Å². The average Bonchev–Trinajstić information content (AvgIpc) is 2.99. The van der Waals surface area contributed by atoms with Crippen molar-refractivity contribution < 1.29 is 9.32 Å². The Kier molecular flexibility index (Phi) is 4.63. The van der Waals surface area contributed by atoms with Crippen LogP contribution in [0.3, 0.4) is 0 Å². The first-order chi connectivity index (χ1) is 12.3. The first-order valence-corrected chi connectivity index (χ1v) is 8.57. The van der Waals surface area contributed by atoms with E-state index in [0.29, 0.717) is 23.3 Å². The van der Waals surface area contributed by atoms with Crippen molar-refractivity contribution in [2.75, 3.05) is 5.32 Å². The zero-order valence-electron chi connectivity index (χ0n) is 15.6. The lowest BCUT2D eigenvalue weighted by Crippen LogP contribution is -2.35. The third kappa shape index (κ3) is 2.89. The first kappa shape index (κ1) is 17.8. The summed E-state index contributed by atoms with van der Waals surface area (Å²) in [5.41, 5.74) is 3.08. The van der Waals surface area contributed by atoms with Gasteiger partial charge in [-0.25, -0.2) is 4.68 Å². The van der Waals surface area contributed by atoms with Gasteiger partial charge < -0.3 is 9.84 Å². The SMILES string of the molecule is CC[C@@H](C(=O)Nc1c(C)cccc1C)n1nc(C)c2c(C)onc2c1=O. The largest absolute Gasteiger partial charge is 0.360 e. The second-order valence-electron chi connectivity index (χ2n) is 6.48. The molecule has 0 aliphatic rings. The highest BCUT2D eigenvalue weighted by atomic mass is 16.5. The second kappa shape index (κ2) is 6.74. The molecular weight excluding hydrogens is 332 g/mol. The van der Waals surface area contributed by atoms with Crippen LogP contribution in [0.25, 0.3) is 10.9 Å². The van der Waals surface area contributed by atoms with Crippen molar-refractivity contribution in [2.24, 2.45) is 0 Å². The lowest BCUT2D eigenvalue weighted by molar-refractivity contribution is -0.119. The van der Waals surface area contributed by atoms with Gasteiger partial charge in [0.1, 0.15) is 11.8 Å². The number of hydrogen-bond acceptors (Lipinski definition) is 5. The van der Waals surface area contributed by atoms with Gasteiger partial charge in [0.15, 0.2) is 5.52 Å². The summed E-state index contributed by atoms with van der Waals surface area (Å²) in [6.07, 6.45) is 0.422. The molecule has 0 saturated heterocycles. The fourth-order valence-electron chi connectivity index (χ4n) is 3.21. The lowest BCUT2D eigenvalue weighted by atomic mass is 10.1. The molecule has 0 radical (unpaired) electrons. The molecule has 2 heterocycles. The third-order valence-electron chi connectivity index (χ3n) is 4.61. The number of nitrogens with zero attached hydrogens (tertiary/aromatic N) is 3. The number of rotatable bonds is 4. The highest BCUT2D eigenvalue weighted by Gasteiger charge is 2.25. The molecular formula is C19H22N4O3. The van der Waals surface area contributed by atoms with Crippen molar-refractivity contribution in [2.45, 2.75) is 47.1 Å². The van der Waals surface area contributed by atoms with E-state index >= 15 is 0 Å². The van der Waals surface area contributed by atoms with E-state index in [9.17, 15) is 9.59 Å². The summed E-state index contributed by atoms with van der Waals surface area (Å²) in [5.74, 6) is 0.265. The number of carbonyl (C=O) groups is 1. The van der Waals surface area contributed by atoms with Crippen LogP contribution in [0, 0.1) is 27.7 Å². The van der Waals surface area contributed by atoms with Crippen LogP contribution in [0.15, 0.2) is 27.5 Å². The second-order valence-corrected chi connectivity index (χ2v) is 6.48. The molecule has 2 aromatic heterocycles. The number of hydrogen-bond donors (Lipinski definition) is 1. The number of benzene rings is 1. The van der Waals surface area contributed by atoms with Crippen LogP contribution in [0.1, 0.15) is 42.0 Å². The van der Waals surface area contributed by atoms with Gasteiger partial charge in [0, 0.05) is 5.69 Å². The fourth-order valence-corrected chi connectivity index (χ4v) is 3.21. The van der Waals surface area contributed by atoms with Crippen molar-refractivity contribution >= 4 is 22.5 Å². The Labute approximate surface area is 151 Å². The molecule has 26 heavy (non-hydrogen) atoms. The van der Waals surface area contributed by atoms with Crippen molar-refractivity contribution in [3.63, 3.8) is 0 Å². The quantitative estimate of drug-likeness (QED) is 0.777. The summed E-state index contributed by atoms with van der Waals surface area (Å²) in [7, 11) is 0. The van der Waals surface area contributed by atoms with Gasteiger partial charge >= 0.3 is 0 Å². The van der Waals surface area contributed by atoms with E-state index in [1.54, 1.807) is 13.8 Å². The first-order valence-electron chi connectivity index (χ1n) is 8.57. The van der Waals surface area contributed by atoms with Gasteiger partial charge in [-0.1, -0.05) is 30.3 Å². The molecule has 0 aliphatic heterocycles. The van der Waals surface area contributed by atoms with E-state index < -0.39 is 11.6 Å². The number of nitrogens with one attached hydrogen (secondary N) is 1. The Bertz CT molecular complexity index is 1030. The Balaban J connectivity index is 2.04. The monoisotopic (exact) mass is 354 g/mol. The summed E-state index contributed by atoms with van der Waals surface area (Å²) < 4.78 is 6.34. The molecule has 0 bridgehead atoms. The van der Waals surface area contributed by atoms with Crippen LogP contribution in [0.5, 0.6) is 0 Å². The minimum absolute atomic E-state index is 0.202. The molecule has 1 atom stereocenters. The average molecular weight is 354 g/mol. The molecule has 0 unspecified atom stereocenters. The zero-order valence-corrected chi connectivity index (χ0v) is 15.6. The van der Waals surface area contributed by atoms with Crippen LogP contribution < -0.4 is 10.9 Å².